The van der Waals surface area contributed by atoms with E-state index < -0.39 is 6.23 Å². The van der Waals surface area contributed by atoms with Crippen LogP contribution in [0.3, 0.4) is 0 Å². The van der Waals surface area contributed by atoms with E-state index in [1.54, 1.807) is 0 Å². The second kappa shape index (κ2) is 11.9. The summed E-state index contributed by atoms with van der Waals surface area (Å²) in [6.45, 7) is 4.09. The summed E-state index contributed by atoms with van der Waals surface area (Å²) in [5.74, 6) is 0. The fraction of sp³-hybridized carbons (Fsp3) is 1.00. The molecule has 0 rings (SSSR count). The molecule has 0 aliphatic rings. The van der Waals surface area contributed by atoms with Gasteiger partial charge in [0, 0.05) is 0 Å². The van der Waals surface area contributed by atoms with Crippen LogP contribution in [0.1, 0.15) is 25.7 Å². The van der Waals surface area contributed by atoms with Crippen molar-refractivity contribution >= 4 is 0 Å². The normalized spacial score (nSPS) is 13.0. The molecule has 0 amide bonds. The van der Waals surface area contributed by atoms with Gasteiger partial charge in [0.15, 0.2) is 0 Å². The zero-order chi connectivity index (χ0) is 11.4. The molecule has 5 nitrogen and oxygen atoms in total. The zero-order valence-corrected chi connectivity index (χ0v) is 9.54. The molecule has 0 aliphatic carbocycles. The largest absolute Gasteiger partial charge is 0.379 e. The van der Waals surface area contributed by atoms with Crippen LogP contribution in [0.15, 0.2) is 0 Å². The van der Waals surface area contributed by atoms with Crippen LogP contribution in [0.5, 0.6) is 0 Å². The summed E-state index contributed by atoms with van der Waals surface area (Å²) in [5.41, 5.74) is 10.7. The van der Waals surface area contributed by atoms with Crippen LogP contribution in [0.25, 0.3) is 0 Å². The van der Waals surface area contributed by atoms with Gasteiger partial charge in [-0.3, -0.25) is 5.32 Å². The van der Waals surface area contributed by atoms with E-state index >= 15 is 0 Å². The maximum absolute atomic E-state index is 9.48. The van der Waals surface area contributed by atoms with Crippen LogP contribution in [0, 0.1) is 0 Å². The third-order valence-corrected chi connectivity index (χ3v) is 2.15. The summed E-state index contributed by atoms with van der Waals surface area (Å²) in [6.07, 6.45) is 3.28. The van der Waals surface area contributed by atoms with Gasteiger partial charge in [0.25, 0.3) is 0 Å². The Bertz CT molecular complexity index is 124. The topological polar surface area (TPSA) is 96.3 Å². The molecule has 0 radical (unpaired) electrons. The first-order chi connectivity index (χ1) is 7.31. The smallest absolute Gasteiger partial charge is 0.104 e. The Morgan fingerprint density at radius 2 is 1.53 bits per heavy atom. The Balaban J connectivity index is 3.06. The third-order valence-electron chi connectivity index (χ3n) is 2.15. The lowest BCUT2D eigenvalue weighted by Gasteiger charge is -2.12. The van der Waals surface area contributed by atoms with E-state index in [-0.39, 0.29) is 0 Å². The summed E-state index contributed by atoms with van der Waals surface area (Å²) in [7, 11) is 0. The van der Waals surface area contributed by atoms with Crippen molar-refractivity contribution in [2.45, 2.75) is 31.9 Å². The molecule has 0 bridgehead atoms. The molecular weight excluding hydrogens is 192 g/mol. The van der Waals surface area contributed by atoms with Crippen molar-refractivity contribution in [3.63, 3.8) is 0 Å². The molecule has 0 heterocycles. The Labute approximate surface area is 92.6 Å². The van der Waals surface area contributed by atoms with E-state index in [9.17, 15) is 5.11 Å². The Hall–Kier alpha value is -0.200. The predicted molar refractivity (Wildman–Crippen MR) is 63.5 cm³/mol. The lowest BCUT2D eigenvalue weighted by atomic mass is 10.2. The molecule has 0 aromatic heterocycles. The Morgan fingerprint density at radius 3 is 2.20 bits per heavy atom. The maximum Gasteiger partial charge on any atom is 0.104 e. The second-order valence-corrected chi connectivity index (χ2v) is 3.65. The molecule has 1 unspecified atom stereocenters. The summed E-state index contributed by atoms with van der Waals surface area (Å²) < 4.78 is 0. The van der Waals surface area contributed by atoms with Gasteiger partial charge in [-0.15, -0.1) is 0 Å². The van der Waals surface area contributed by atoms with Gasteiger partial charge in [-0.05, 0) is 58.4 Å². The molecule has 15 heavy (non-hydrogen) atoms. The van der Waals surface area contributed by atoms with Crippen LogP contribution in [-0.2, 0) is 0 Å². The quantitative estimate of drug-likeness (QED) is 0.225. The monoisotopic (exact) mass is 218 g/mol. The lowest BCUT2D eigenvalue weighted by Crippen LogP contribution is -2.31. The number of rotatable bonds is 11. The average Bonchev–Trinajstić information content (AvgIpc) is 2.23. The molecule has 1 atom stereocenters. The minimum atomic E-state index is -0.396. The Morgan fingerprint density at radius 1 is 0.933 bits per heavy atom. The molecule has 7 N–H and O–H groups in total. The molecular formula is C10H26N4O. The van der Waals surface area contributed by atoms with E-state index in [1.165, 1.54) is 0 Å². The van der Waals surface area contributed by atoms with Crippen molar-refractivity contribution in [2.75, 3.05) is 32.7 Å². The highest BCUT2D eigenvalue weighted by atomic mass is 16.3. The standard InChI is InChI=1S/C10H26N4O/c11-5-2-8-13-7-1-4-10(15)14-9-3-6-12/h10,13-15H,1-9,11-12H2. The molecule has 5 heteroatoms. The van der Waals surface area contributed by atoms with Crippen molar-refractivity contribution < 1.29 is 5.11 Å². The summed E-state index contributed by atoms with van der Waals surface area (Å²) in [5, 5.41) is 15.8. The first-order valence-electron chi connectivity index (χ1n) is 5.83. The predicted octanol–water partition coefficient (Wildman–Crippen LogP) is -1.04. The molecule has 0 fully saturated rings. The minimum Gasteiger partial charge on any atom is -0.379 e. The number of hydrogen-bond donors (Lipinski definition) is 5. The van der Waals surface area contributed by atoms with Crippen molar-refractivity contribution in [1.29, 1.82) is 0 Å². The van der Waals surface area contributed by atoms with E-state index in [1.807, 2.05) is 0 Å². The Kier molecular flexibility index (Phi) is 11.7. The van der Waals surface area contributed by atoms with Crippen molar-refractivity contribution in [3.05, 3.63) is 0 Å². The van der Waals surface area contributed by atoms with E-state index in [2.05, 4.69) is 10.6 Å². The van der Waals surface area contributed by atoms with Gasteiger partial charge in [0.2, 0.25) is 0 Å². The SMILES string of the molecule is NCCCNCCCC(O)NCCCN. The molecule has 0 aliphatic heterocycles. The first-order valence-corrected chi connectivity index (χ1v) is 5.83. The summed E-state index contributed by atoms with van der Waals surface area (Å²) >= 11 is 0. The number of nitrogens with one attached hydrogen (secondary N) is 2. The van der Waals surface area contributed by atoms with Gasteiger partial charge in [-0.25, -0.2) is 0 Å². The van der Waals surface area contributed by atoms with Crippen molar-refractivity contribution in [2.24, 2.45) is 11.5 Å². The number of aliphatic hydroxyl groups excluding tert-OH is 1. The van der Waals surface area contributed by atoms with Crippen LogP contribution in [0.2, 0.25) is 0 Å². The van der Waals surface area contributed by atoms with E-state index in [4.69, 9.17) is 11.5 Å². The van der Waals surface area contributed by atoms with Crippen molar-refractivity contribution in [3.8, 4) is 0 Å². The zero-order valence-electron chi connectivity index (χ0n) is 9.54. The first kappa shape index (κ1) is 14.8. The fourth-order valence-electron chi connectivity index (χ4n) is 1.25. The fourth-order valence-corrected chi connectivity index (χ4v) is 1.25. The van der Waals surface area contributed by atoms with Gasteiger partial charge in [-0.1, -0.05) is 0 Å². The van der Waals surface area contributed by atoms with Gasteiger partial charge in [-0.2, -0.15) is 0 Å². The molecule has 0 aromatic carbocycles. The molecule has 0 saturated heterocycles. The number of nitrogens with two attached hydrogens (primary N) is 2. The second-order valence-electron chi connectivity index (χ2n) is 3.65. The van der Waals surface area contributed by atoms with Crippen molar-refractivity contribution in [1.82, 2.24) is 10.6 Å². The van der Waals surface area contributed by atoms with Crippen LogP contribution in [-0.4, -0.2) is 44.1 Å². The minimum absolute atomic E-state index is 0.396. The average molecular weight is 218 g/mol. The molecule has 92 valence electrons. The number of aliphatic hydroxyl groups is 1. The van der Waals surface area contributed by atoms with Crippen LogP contribution < -0.4 is 22.1 Å². The third kappa shape index (κ3) is 11.7. The highest BCUT2D eigenvalue weighted by Gasteiger charge is 2.00. The lowest BCUT2D eigenvalue weighted by molar-refractivity contribution is 0.125. The van der Waals surface area contributed by atoms with Gasteiger partial charge in [0.1, 0.15) is 6.23 Å². The maximum atomic E-state index is 9.48. The summed E-state index contributed by atoms with van der Waals surface area (Å²) in [4.78, 5) is 0. The highest BCUT2D eigenvalue weighted by molar-refractivity contribution is 4.56. The molecule has 0 aromatic rings. The van der Waals surface area contributed by atoms with Gasteiger partial charge < -0.3 is 21.9 Å². The summed E-state index contributed by atoms with van der Waals surface area (Å²) in [6, 6.07) is 0. The highest BCUT2D eigenvalue weighted by Crippen LogP contribution is 1.92. The van der Waals surface area contributed by atoms with Gasteiger partial charge >= 0.3 is 0 Å². The molecule has 0 spiro atoms. The molecule has 0 saturated carbocycles. The van der Waals surface area contributed by atoms with Gasteiger partial charge in [0.05, 0.1) is 0 Å². The van der Waals surface area contributed by atoms with E-state index in [0.29, 0.717) is 6.54 Å². The number of hydrogen-bond acceptors (Lipinski definition) is 5. The van der Waals surface area contributed by atoms with E-state index in [0.717, 1.165) is 51.9 Å². The van der Waals surface area contributed by atoms with Crippen LogP contribution in [0.4, 0.5) is 0 Å². The van der Waals surface area contributed by atoms with Crippen LogP contribution >= 0.6 is 0 Å².